The largest absolute Gasteiger partial charge is 0.478 e. The number of hydrogen-bond donors (Lipinski definition) is 1. The topological polar surface area (TPSA) is 72.2 Å². The lowest BCUT2D eigenvalue weighted by Crippen LogP contribution is -2.36. The number of rotatable bonds is 3. The van der Waals surface area contributed by atoms with Gasteiger partial charge in [0.05, 0.1) is 17.3 Å². The molecule has 0 amide bonds. The smallest absolute Gasteiger partial charge is 0.335 e. The van der Waals surface area contributed by atoms with Gasteiger partial charge >= 0.3 is 5.97 Å². The monoisotopic (exact) mass is 332 g/mol. The number of carboxylic acids is 1. The molecule has 0 saturated carbocycles. The van der Waals surface area contributed by atoms with E-state index in [1.165, 1.54) is 23.0 Å². The van der Waals surface area contributed by atoms with Crippen molar-refractivity contribution in [1.29, 1.82) is 0 Å². The van der Waals surface area contributed by atoms with E-state index in [-0.39, 0.29) is 16.1 Å². The van der Waals surface area contributed by atoms with Gasteiger partial charge in [0.15, 0.2) is 0 Å². The molecule has 23 heavy (non-hydrogen) atoms. The fourth-order valence-electron chi connectivity index (χ4n) is 1.96. The first kappa shape index (κ1) is 17.0. The minimum absolute atomic E-state index is 0.105. The van der Waals surface area contributed by atoms with Crippen LogP contribution >= 0.6 is 11.6 Å². The number of benzene rings is 1. The Hall–Kier alpha value is -2.40. The molecule has 0 aliphatic carbocycles. The number of halogens is 1. The van der Waals surface area contributed by atoms with E-state index in [0.29, 0.717) is 5.56 Å². The Balaban J connectivity index is 2.32. The zero-order valence-corrected chi connectivity index (χ0v) is 13.8. The van der Waals surface area contributed by atoms with Crippen LogP contribution in [-0.2, 0) is 5.54 Å². The lowest BCUT2D eigenvalue weighted by atomic mass is 10.1. The number of aromatic carboxylic acids is 1. The molecule has 6 heteroatoms. The molecule has 1 N–H and O–H groups in total. The molecular formula is C17H17ClN2O3. The third-order valence-corrected chi connectivity index (χ3v) is 3.57. The molecule has 0 fully saturated rings. The molecule has 1 aromatic heterocycles. The van der Waals surface area contributed by atoms with Crippen molar-refractivity contribution in [3.05, 3.63) is 62.5 Å². The summed E-state index contributed by atoms with van der Waals surface area (Å²) in [6.07, 6.45) is 4.96. The maximum Gasteiger partial charge on any atom is 0.335 e. The highest BCUT2D eigenvalue weighted by atomic mass is 35.5. The van der Waals surface area contributed by atoms with Gasteiger partial charge in [-0.2, -0.15) is 5.10 Å². The first-order valence-corrected chi connectivity index (χ1v) is 7.37. The van der Waals surface area contributed by atoms with E-state index in [1.54, 1.807) is 24.3 Å². The zero-order valence-electron chi connectivity index (χ0n) is 13.1. The summed E-state index contributed by atoms with van der Waals surface area (Å²) in [7, 11) is 0. The SMILES string of the molecule is CC(C)(C)n1ncc(C=Cc2ccc(C(=O)O)cc2)c(Cl)c1=O. The van der Waals surface area contributed by atoms with Crippen molar-refractivity contribution >= 4 is 29.7 Å². The molecule has 0 bridgehead atoms. The van der Waals surface area contributed by atoms with Gasteiger partial charge in [0.2, 0.25) is 0 Å². The predicted octanol–water partition coefficient (Wildman–Crippen LogP) is 3.52. The van der Waals surface area contributed by atoms with Crippen LogP contribution in [0, 0.1) is 0 Å². The lowest BCUT2D eigenvalue weighted by molar-refractivity contribution is 0.0697. The van der Waals surface area contributed by atoms with Crippen LogP contribution in [0.4, 0.5) is 0 Å². The number of aromatic nitrogens is 2. The lowest BCUT2D eigenvalue weighted by Gasteiger charge is -2.20. The Bertz CT molecular complexity index is 815. The average molecular weight is 333 g/mol. The molecule has 1 aromatic carbocycles. The molecule has 2 aromatic rings. The molecular weight excluding hydrogens is 316 g/mol. The molecule has 120 valence electrons. The molecule has 0 saturated heterocycles. The minimum Gasteiger partial charge on any atom is -0.478 e. The fraction of sp³-hybridized carbons (Fsp3) is 0.235. The second kappa shape index (κ2) is 6.38. The van der Waals surface area contributed by atoms with E-state index >= 15 is 0 Å². The third-order valence-electron chi connectivity index (χ3n) is 3.19. The van der Waals surface area contributed by atoms with E-state index in [0.717, 1.165) is 5.56 Å². The first-order chi connectivity index (χ1) is 10.7. The van der Waals surface area contributed by atoms with E-state index in [4.69, 9.17) is 16.7 Å². The average Bonchev–Trinajstić information content (AvgIpc) is 2.48. The van der Waals surface area contributed by atoms with Crippen molar-refractivity contribution in [1.82, 2.24) is 9.78 Å². The highest BCUT2D eigenvalue weighted by molar-refractivity contribution is 6.31. The Morgan fingerprint density at radius 2 is 1.83 bits per heavy atom. The summed E-state index contributed by atoms with van der Waals surface area (Å²) in [6, 6.07) is 6.38. The van der Waals surface area contributed by atoms with Gasteiger partial charge in [0.25, 0.3) is 5.56 Å². The second-order valence-electron chi connectivity index (χ2n) is 6.06. The van der Waals surface area contributed by atoms with Crippen molar-refractivity contribution in [2.45, 2.75) is 26.3 Å². The molecule has 0 radical (unpaired) electrons. The minimum atomic E-state index is -0.974. The van der Waals surface area contributed by atoms with Crippen LogP contribution in [0.5, 0.6) is 0 Å². The summed E-state index contributed by atoms with van der Waals surface area (Å²) in [5.74, 6) is -0.974. The number of carboxylic acid groups (broad SMARTS) is 1. The van der Waals surface area contributed by atoms with Crippen LogP contribution in [-0.4, -0.2) is 20.9 Å². The molecule has 0 spiro atoms. The summed E-state index contributed by atoms with van der Waals surface area (Å²) in [5.41, 5.74) is 0.734. The summed E-state index contributed by atoms with van der Waals surface area (Å²) < 4.78 is 1.34. The van der Waals surface area contributed by atoms with Gasteiger partial charge in [0.1, 0.15) is 5.02 Å². The van der Waals surface area contributed by atoms with Crippen molar-refractivity contribution < 1.29 is 9.90 Å². The summed E-state index contributed by atoms with van der Waals surface area (Å²) in [4.78, 5) is 23.0. The Morgan fingerprint density at radius 3 is 2.35 bits per heavy atom. The molecule has 0 aliphatic rings. The van der Waals surface area contributed by atoms with Crippen LogP contribution in [0.1, 0.15) is 42.3 Å². The number of hydrogen-bond acceptors (Lipinski definition) is 3. The van der Waals surface area contributed by atoms with Crippen molar-refractivity contribution in [2.24, 2.45) is 0 Å². The molecule has 0 atom stereocenters. The maximum absolute atomic E-state index is 12.2. The normalized spacial score (nSPS) is 11.8. The van der Waals surface area contributed by atoms with Crippen molar-refractivity contribution in [3.63, 3.8) is 0 Å². The Morgan fingerprint density at radius 1 is 1.22 bits per heavy atom. The predicted molar refractivity (Wildman–Crippen MR) is 90.8 cm³/mol. The van der Waals surface area contributed by atoms with E-state index in [9.17, 15) is 9.59 Å². The van der Waals surface area contributed by atoms with Crippen LogP contribution in [0.15, 0.2) is 35.3 Å². The summed E-state index contributed by atoms with van der Waals surface area (Å²) in [5, 5.41) is 13.1. The van der Waals surface area contributed by atoms with Crippen LogP contribution < -0.4 is 5.56 Å². The maximum atomic E-state index is 12.2. The molecule has 2 rings (SSSR count). The Labute approximate surface area is 138 Å². The van der Waals surface area contributed by atoms with Crippen molar-refractivity contribution in [2.75, 3.05) is 0 Å². The molecule has 5 nitrogen and oxygen atoms in total. The van der Waals surface area contributed by atoms with Gasteiger partial charge in [-0.25, -0.2) is 9.48 Å². The van der Waals surface area contributed by atoms with Gasteiger partial charge in [0, 0.05) is 5.56 Å². The molecule has 0 unspecified atom stereocenters. The van der Waals surface area contributed by atoms with Crippen LogP contribution in [0.25, 0.3) is 12.2 Å². The summed E-state index contributed by atoms with van der Waals surface area (Å²) >= 11 is 6.14. The van der Waals surface area contributed by atoms with Gasteiger partial charge in [-0.3, -0.25) is 4.79 Å². The van der Waals surface area contributed by atoms with Gasteiger partial charge in [-0.15, -0.1) is 0 Å². The molecule has 0 aliphatic heterocycles. The van der Waals surface area contributed by atoms with Crippen LogP contribution in [0.2, 0.25) is 5.02 Å². The number of nitrogens with zero attached hydrogens (tertiary/aromatic N) is 2. The summed E-state index contributed by atoms with van der Waals surface area (Å²) in [6.45, 7) is 5.62. The third kappa shape index (κ3) is 3.87. The quantitative estimate of drug-likeness (QED) is 0.933. The second-order valence-corrected chi connectivity index (χ2v) is 6.44. The Kier molecular flexibility index (Phi) is 4.71. The standard InChI is InChI=1S/C17H17ClN2O3/c1-17(2,3)20-15(21)14(18)13(10-19-20)9-6-11-4-7-12(8-5-11)16(22)23/h4-10H,1-3H3,(H,22,23). The van der Waals surface area contributed by atoms with Crippen LogP contribution in [0.3, 0.4) is 0 Å². The number of carbonyl (C=O) groups is 1. The van der Waals surface area contributed by atoms with Gasteiger partial charge < -0.3 is 5.11 Å². The zero-order chi connectivity index (χ0) is 17.2. The van der Waals surface area contributed by atoms with E-state index in [1.807, 2.05) is 20.8 Å². The van der Waals surface area contributed by atoms with E-state index < -0.39 is 11.5 Å². The fourth-order valence-corrected chi connectivity index (χ4v) is 2.15. The highest BCUT2D eigenvalue weighted by Gasteiger charge is 2.18. The first-order valence-electron chi connectivity index (χ1n) is 7.00. The van der Waals surface area contributed by atoms with E-state index in [2.05, 4.69) is 5.10 Å². The van der Waals surface area contributed by atoms with Crippen molar-refractivity contribution in [3.8, 4) is 0 Å². The van der Waals surface area contributed by atoms with Gasteiger partial charge in [-0.1, -0.05) is 35.9 Å². The highest BCUT2D eigenvalue weighted by Crippen LogP contribution is 2.17. The van der Waals surface area contributed by atoms with Gasteiger partial charge in [-0.05, 0) is 38.5 Å². The molecule has 1 heterocycles.